The molecule has 1 unspecified atom stereocenters. The van der Waals surface area contributed by atoms with Crippen LogP contribution in [0.15, 0.2) is 71.6 Å². The van der Waals surface area contributed by atoms with Gasteiger partial charge in [0.05, 0.1) is 23.7 Å². The first kappa shape index (κ1) is 26.1. The second kappa shape index (κ2) is 11.3. The Morgan fingerprint density at radius 1 is 0.914 bits per heavy atom. The van der Waals surface area contributed by atoms with E-state index in [0.29, 0.717) is 11.4 Å². The molecule has 0 fully saturated rings. The average molecular weight is 497 g/mol. The summed E-state index contributed by atoms with van der Waals surface area (Å²) in [5.74, 6) is 0.940. The molecule has 3 rings (SSSR count). The van der Waals surface area contributed by atoms with Crippen LogP contribution in [0.25, 0.3) is 0 Å². The Morgan fingerprint density at radius 2 is 1.54 bits per heavy atom. The second-order valence-electron chi connectivity index (χ2n) is 8.55. The molecule has 0 saturated carbocycles. The molecule has 0 aromatic heterocycles. The maximum Gasteiger partial charge on any atom is 0.264 e. The first-order chi connectivity index (χ1) is 16.6. The van der Waals surface area contributed by atoms with Crippen molar-refractivity contribution in [2.24, 2.45) is 0 Å². The van der Waals surface area contributed by atoms with Gasteiger partial charge in [0.15, 0.2) is 0 Å². The first-order valence-electron chi connectivity index (χ1n) is 11.3. The van der Waals surface area contributed by atoms with Crippen molar-refractivity contribution in [3.8, 4) is 11.5 Å². The van der Waals surface area contributed by atoms with E-state index in [0.717, 1.165) is 26.7 Å². The van der Waals surface area contributed by atoms with Gasteiger partial charge in [0.25, 0.3) is 10.0 Å². The van der Waals surface area contributed by atoms with Gasteiger partial charge in [-0.2, -0.15) is 0 Å². The van der Waals surface area contributed by atoms with Crippen molar-refractivity contribution in [1.29, 1.82) is 0 Å². The lowest BCUT2D eigenvalue weighted by Gasteiger charge is -2.25. The fourth-order valence-electron chi connectivity index (χ4n) is 3.42. The molecule has 3 aromatic carbocycles. The average Bonchev–Trinajstić information content (AvgIpc) is 2.83. The SMILES string of the molecule is COc1ccc(OCC(C)NC(=O)CN(c2ccc(C)c(C)c2)S(=O)(=O)c2ccc(C)cc2)cc1. The smallest absolute Gasteiger partial charge is 0.264 e. The summed E-state index contributed by atoms with van der Waals surface area (Å²) in [5, 5.41) is 2.84. The number of anilines is 1. The van der Waals surface area contributed by atoms with Gasteiger partial charge >= 0.3 is 0 Å². The predicted molar refractivity (Wildman–Crippen MR) is 138 cm³/mol. The van der Waals surface area contributed by atoms with Crippen LogP contribution in [0.3, 0.4) is 0 Å². The molecule has 3 aromatic rings. The van der Waals surface area contributed by atoms with E-state index in [-0.39, 0.29) is 24.1 Å². The number of aryl methyl sites for hydroxylation is 3. The maximum absolute atomic E-state index is 13.5. The van der Waals surface area contributed by atoms with Crippen molar-refractivity contribution < 1.29 is 22.7 Å². The molecule has 35 heavy (non-hydrogen) atoms. The van der Waals surface area contributed by atoms with Crippen LogP contribution in [0.4, 0.5) is 5.69 Å². The van der Waals surface area contributed by atoms with Crippen LogP contribution in [0, 0.1) is 20.8 Å². The molecule has 1 atom stereocenters. The van der Waals surface area contributed by atoms with Gasteiger partial charge in [-0.3, -0.25) is 9.10 Å². The molecule has 0 aliphatic rings. The molecule has 0 aliphatic carbocycles. The van der Waals surface area contributed by atoms with Crippen molar-refractivity contribution in [2.45, 2.75) is 38.6 Å². The summed E-state index contributed by atoms with van der Waals surface area (Å²) in [7, 11) is -2.37. The molecule has 0 heterocycles. The molecular weight excluding hydrogens is 464 g/mol. The third-order valence-electron chi connectivity index (χ3n) is 5.64. The summed E-state index contributed by atoms with van der Waals surface area (Å²) in [4.78, 5) is 13.1. The highest BCUT2D eigenvalue weighted by molar-refractivity contribution is 7.92. The number of carbonyl (C=O) groups is 1. The summed E-state index contributed by atoms with van der Waals surface area (Å²) in [6.45, 7) is 7.43. The van der Waals surface area contributed by atoms with Gasteiger partial charge in [0.2, 0.25) is 5.91 Å². The van der Waals surface area contributed by atoms with Crippen molar-refractivity contribution >= 4 is 21.6 Å². The second-order valence-corrected chi connectivity index (χ2v) is 10.4. The molecule has 0 saturated heterocycles. The minimum atomic E-state index is -3.96. The van der Waals surface area contributed by atoms with Crippen LogP contribution in [0.1, 0.15) is 23.6 Å². The van der Waals surface area contributed by atoms with E-state index in [2.05, 4.69) is 5.32 Å². The third-order valence-corrected chi connectivity index (χ3v) is 7.43. The lowest BCUT2D eigenvalue weighted by atomic mass is 10.1. The van der Waals surface area contributed by atoms with E-state index < -0.39 is 15.9 Å². The zero-order chi connectivity index (χ0) is 25.6. The van der Waals surface area contributed by atoms with E-state index in [9.17, 15) is 13.2 Å². The molecule has 0 aliphatic heterocycles. The van der Waals surface area contributed by atoms with Crippen molar-refractivity contribution in [1.82, 2.24) is 5.32 Å². The first-order valence-corrected chi connectivity index (χ1v) is 12.8. The standard InChI is InChI=1S/C27H32N2O5S/c1-19-6-14-26(15-7-19)35(31,32)29(23-9-8-20(2)21(3)16-23)17-27(30)28-22(4)18-34-25-12-10-24(33-5)11-13-25/h6-16,22H,17-18H2,1-5H3,(H,28,30). The molecule has 7 nitrogen and oxygen atoms in total. The Balaban J connectivity index is 1.75. The number of rotatable bonds is 10. The molecule has 1 amide bonds. The largest absolute Gasteiger partial charge is 0.497 e. The number of carbonyl (C=O) groups excluding carboxylic acids is 1. The number of ether oxygens (including phenoxy) is 2. The lowest BCUT2D eigenvalue weighted by molar-refractivity contribution is -0.120. The van der Waals surface area contributed by atoms with Crippen LogP contribution in [0.2, 0.25) is 0 Å². The van der Waals surface area contributed by atoms with Gasteiger partial charge in [-0.25, -0.2) is 8.42 Å². The van der Waals surface area contributed by atoms with E-state index in [1.54, 1.807) is 74.7 Å². The number of methoxy groups -OCH3 is 1. The number of sulfonamides is 1. The minimum absolute atomic E-state index is 0.130. The molecule has 186 valence electrons. The van der Waals surface area contributed by atoms with E-state index >= 15 is 0 Å². The van der Waals surface area contributed by atoms with Crippen LogP contribution in [-0.2, 0) is 14.8 Å². The summed E-state index contributed by atoms with van der Waals surface area (Å²) >= 11 is 0. The number of amides is 1. The summed E-state index contributed by atoms with van der Waals surface area (Å²) < 4.78 is 39.1. The van der Waals surface area contributed by atoms with Crippen molar-refractivity contribution in [3.63, 3.8) is 0 Å². The van der Waals surface area contributed by atoms with Crippen LogP contribution in [-0.4, -0.2) is 40.6 Å². The highest BCUT2D eigenvalue weighted by Crippen LogP contribution is 2.26. The Hall–Kier alpha value is -3.52. The molecule has 1 N–H and O–H groups in total. The van der Waals surface area contributed by atoms with Gasteiger partial charge < -0.3 is 14.8 Å². The Labute approximate surface area is 207 Å². The molecule has 0 spiro atoms. The summed E-state index contributed by atoms with van der Waals surface area (Å²) in [6, 6.07) is 18.7. The number of hydrogen-bond donors (Lipinski definition) is 1. The number of nitrogens with one attached hydrogen (secondary N) is 1. The van der Waals surface area contributed by atoms with Crippen LogP contribution >= 0.6 is 0 Å². The lowest BCUT2D eigenvalue weighted by Crippen LogP contribution is -2.45. The molecule has 8 heteroatoms. The Bertz CT molecular complexity index is 1260. The van der Waals surface area contributed by atoms with Gasteiger partial charge in [-0.1, -0.05) is 23.8 Å². The zero-order valence-corrected chi connectivity index (χ0v) is 21.6. The van der Waals surface area contributed by atoms with E-state index in [1.165, 1.54) is 0 Å². The zero-order valence-electron chi connectivity index (χ0n) is 20.7. The highest BCUT2D eigenvalue weighted by atomic mass is 32.2. The van der Waals surface area contributed by atoms with Crippen LogP contribution < -0.4 is 19.1 Å². The van der Waals surface area contributed by atoms with Crippen LogP contribution in [0.5, 0.6) is 11.5 Å². The fraction of sp³-hybridized carbons (Fsp3) is 0.296. The van der Waals surface area contributed by atoms with E-state index in [1.807, 2.05) is 26.8 Å². The highest BCUT2D eigenvalue weighted by Gasteiger charge is 2.28. The molecular formula is C27H32N2O5S. The quantitative estimate of drug-likeness (QED) is 0.450. The topological polar surface area (TPSA) is 84.9 Å². The Morgan fingerprint density at radius 3 is 2.14 bits per heavy atom. The maximum atomic E-state index is 13.5. The summed E-state index contributed by atoms with van der Waals surface area (Å²) in [6.07, 6.45) is 0. The Kier molecular flexibility index (Phi) is 8.40. The number of benzene rings is 3. The van der Waals surface area contributed by atoms with Gasteiger partial charge in [0, 0.05) is 0 Å². The van der Waals surface area contributed by atoms with E-state index in [4.69, 9.17) is 9.47 Å². The fourth-order valence-corrected chi connectivity index (χ4v) is 4.83. The van der Waals surface area contributed by atoms with Gasteiger partial charge in [-0.15, -0.1) is 0 Å². The normalized spacial score (nSPS) is 12.0. The summed E-state index contributed by atoms with van der Waals surface area (Å²) in [5.41, 5.74) is 3.36. The van der Waals surface area contributed by atoms with Crippen molar-refractivity contribution in [2.75, 3.05) is 24.6 Å². The number of nitrogens with zero attached hydrogens (tertiary/aromatic N) is 1. The van der Waals surface area contributed by atoms with Gasteiger partial charge in [0.1, 0.15) is 24.7 Å². The monoisotopic (exact) mass is 496 g/mol. The van der Waals surface area contributed by atoms with Crippen molar-refractivity contribution in [3.05, 3.63) is 83.4 Å². The molecule has 0 radical (unpaired) electrons. The number of hydrogen-bond acceptors (Lipinski definition) is 5. The minimum Gasteiger partial charge on any atom is -0.497 e. The van der Waals surface area contributed by atoms with Gasteiger partial charge in [-0.05, 0) is 87.4 Å². The molecule has 0 bridgehead atoms. The predicted octanol–water partition coefficient (Wildman–Crippen LogP) is 4.40. The third kappa shape index (κ3) is 6.76.